The monoisotopic (exact) mass is 542 g/mol. The van der Waals surface area contributed by atoms with Gasteiger partial charge in [0, 0.05) is 16.6 Å². The van der Waals surface area contributed by atoms with E-state index in [4.69, 9.17) is 4.74 Å². The first-order valence-electron chi connectivity index (χ1n) is 12.4. The van der Waals surface area contributed by atoms with Gasteiger partial charge in [-0.15, -0.1) is 0 Å². The Morgan fingerprint density at radius 2 is 1.80 bits per heavy atom. The Hall–Kier alpha value is -2.64. The van der Waals surface area contributed by atoms with Gasteiger partial charge < -0.3 is 19.6 Å². The molecule has 1 saturated heterocycles. The summed E-state index contributed by atoms with van der Waals surface area (Å²) in [6.07, 6.45) is 2.68. The van der Waals surface area contributed by atoms with Gasteiger partial charge in [-0.2, -0.15) is 0 Å². The van der Waals surface area contributed by atoms with Crippen LogP contribution in [0.1, 0.15) is 57.2 Å². The summed E-state index contributed by atoms with van der Waals surface area (Å²) in [5.41, 5.74) is 1.35. The summed E-state index contributed by atoms with van der Waals surface area (Å²) >= 11 is 3.50. The van der Waals surface area contributed by atoms with E-state index in [1.165, 1.54) is 0 Å². The van der Waals surface area contributed by atoms with Gasteiger partial charge in [0.2, 0.25) is 0 Å². The van der Waals surface area contributed by atoms with Crippen molar-refractivity contribution >= 4 is 33.4 Å². The van der Waals surface area contributed by atoms with Crippen LogP contribution >= 0.6 is 15.9 Å². The van der Waals surface area contributed by atoms with Crippen molar-refractivity contribution in [3.8, 4) is 5.75 Å². The van der Waals surface area contributed by atoms with Crippen LogP contribution in [-0.2, 0) is 9.59 Å². The first-order chi connectivity index (χ1) is 16.9. The minimum absolute atomic E-state index is 0.113. The Bertz CT molecular complexity index is 1060. The molecule has 2 aromatic carbocycles. The molecule has 1 unspecified atom stereocenters. The van der Waals surface area contributed by atoms with Gasteiger partial charge in [0.25, 0.3) is 11.7 Å². The maximum Gasteiger partial charge on any atom is 0.295 e. The minimum Gasteiger partial charge on any atom is -0.507 e. The lowest BCUT2D eigenvalue weighted by Gasteiger charge is -2.27. The van der Waals surface area contributed by atoms with Crippen molar-refractivity contribution in [1.82, 2.24) is 9.80 Å². The van der Waals surface area contributed by atoms with Gasteiger partial charge in [-0.25, -0.2) is 0 Å². The molecule has 1 fully saturated rings. The topological polar surface area (TPSA) is 70.1 Å². The van der Waals surface area contributed by atoms with E-state index in [9.17, 15) is 14.7 Å². The average Bonchev–Trinajstić information content (AvgIpc) is 3.11. The number of benzene rings is 2. The van der Waals surface area contributed by atoms with Crippen molar-refractivity contribution in [1.29, 1.82) is 0 Å². The van der Waals surface area contributed by atoms with E-state index in [0.29, 0.717) is 24.5 Å². The van der Waals surface area contributed by atoms with Crippen LogP contribution in [-0.4, -0.2) is 59.4 Å². The normalized spacial score (nSPS) is 17.4. The summed E-state index contributed by atoms with van der Waals surface area (Å²) in [6.45, 7) is 10.0. The van der Waals surface area contributed by atoms with Gasteiger partial charge in [0.15, 0.2) is 0 Å². The zero-order valence-corrected chi connectivity index (χ0v) is 22.4. The number of ether oxygens (including phenoxy) is 1. The van der Waals surface area contributed by atoms with E-state index < -0.39 is 17.7 Å². The standard InChI is InChI=1S/C28H35BrN2O4/c1-4-7-17-35-23-14-9-12-21(19-23)26(32)24-25(20-11-8-13-22(29)18-20)31(28(34)27(24)33)16-10-15-30(5-2)6-3/h8-9,11-14,18-19,25,32H,4-7,10,15-17H2,1-3H3/b26-24+. The van der Waals surface area contributed by atoms with Crippen molar-refractivity contribution in [2.75, 3.05) is 32.8 Å². The highest BCUT2D eigenvalue weighted by Gasteiger charge is 2.45. The molecule has 6 nitrogen and oxygen atoms in total. The second-order valence-corrected chi connectivity index (χ2v) is 9.57. The van der Waals surface area contributed by atoms with Crippen molar-refractivity contribution in [2.24, 2.45) is 0 Å². The molecule has 1 atom stereocenters. The van der Waals surface area contributed by atoms with Crippen LogP contribution < -0.4 is 4.74 Å². The zero-order chi connectivity index (χ0) is 25.4. The molecule has 0 bridgehead atoms. The smallest absolute Gasteiger partial charge is 0.295 e. The molecule has 0 aromatic heterocycles. The highest BCUT2D eigenvalue weighted by molar-refractivity contribution is 9.10. The van der Waals surface area contributed by atoms with E-state index in [0.717, 1.165) is 48.9 Å². The van der Waals surface area contributed by atoms with E-state index >= 15 is 0 Å². The predicted molar refractivity (Wildman–Crippen MR) is 142 cm³/mol. The number of aliphatic hydroxyl groups is 1. The molecule has 188 valence electrons. The van der Waals surface area contributed by atoms with Gasteiger partial charge in [-0.3, -0.25) is 9.59 Å². The number of carbonyl (C=O) groups is 2. The molecule has 0 radical (unpaired) electrons. The van der Waals surface area contributed by atoms with E-state index in [1.807, 2.05) is 30.3 Å². The zero-order valence-electron chi connectivity index (χ0n) is 20.8. The summed E-state index contributed by atoms with van der Waals surface area (Å²) in [4.78, 5) is 30.3. The van der Waals surface area contributed by atoms with Crippen LogP contribution in [0.25, 0.3) is 5.76 Å². The summed E-state index contributed by atoms with van der Waals surface area (Å²) in [6, 6.07) is 13.9. The Balaban J connectivity index is 1.99. The molecule has 1 amide bonds. The molecule has 0 aliphatic carbocycles. The molecule has 0 saturated carbocycles. The van der Waals surface area contributed by atoms with Gasteiger partial charge in [0.05, 0.1) is 18.2 Å². The lowest BCUT2D eigenvalue weighted by Crippen LogP contribution is -2.33. The predicted octanol–water partition coefficient (Wildman–Crippen LogP) is 5.78. The molecule has 1 aliphatic rings. The first kappa shape index (κ1) is 27.0. The van der Waals surface area contributed by atoms with Crippen LogP contribution in [0.5, 0.6) is 5.75 Å². The quantitative estimate of drug-likeness (QED) is 0.159. The molecular weight excluding hydrogens is 508 g/mol. The maximum atomic E-state index is 13.2. The molecular formula is C28H35BrN2O4. The van der Waals surface area contributed by atoms with E-state index in [1.54, 1.807) is 23.1 Å². The number of unbranched alkanes of at least 4 members (excludes halogenated alkanes) is 1. The molecule has 1 N–H and O–H groups in total. The number of ketones is 1. The van der Waals surface area contributed by atoms with E-state index in [2.05, 4.69) is 41.6 Å². The molecule has 0 spiro atoms. The highest BCUT2D eigenvalue weighted by atomic mass is 79.9. The second kappa shape index (κ2) is 12.9. The molecule has 35 heavy (non-hydrogen) atoms. The SMILES string of the molecule is CCCCOc1cccc(/C(O)=C2\C(=O)C(=O)N(CCCN(CC)CC)C2c2cccc(Br)c2)c1. The molecule has 2 aromatic rings. The minimum atomic E-state index is -0.660. The Morgan fingerprint density at radius 1 is 1.06 bits per heavy atom. The number of amides is 1. The summed E-state index contributed by atoms with van der Waals surface area (Å²) in [5, 5.41) is 11.3. The third-order valence-corrected chi connectivity index (χ3v) is 6.84. The molecule has 1 heterocycles. The Kier molecular flexibility index (Phi) is 9.93. The summed E-state index contributed by atoms with van der Waals surface area (Å²) in [5.74, 6) is -0.797. The second-order valence-electron chi connectivity index (χ2n) is 8.66. The van der Waals surface area contributed by atoms with Gasteiger partial charge in [0.1, 0.15) is 11.5 Å². The van der Waals surface area contributed by atoms with Crippen LogP contribution in [0.3, 0.4) is 0 Å². The number of halogens is 1. The molecule has 1 aliphatic heterocycles. The number of carbonyl (C=O) groups excluding carboxylic acids is 2. The van der Waals surface area contributed by atoms with Crippen LogP contribution in [0, 0.1) is 0 Å². The summed E-state index contributed by atoms with van der Waals surface area (Å²) in [7, 11) is 0. The number of nitrogens with zero attached hydrogens (tertiary/aromatic N) is 2. The fourth-order valence-corrected chi connectivity index (χ4v) is 4.78. The molecule has 3 rings (SSSR count). The number of likely N-dealkylation sites (tertiary alicyclic amines) is 1. The average molecular weight is 544 g/mol. The number of hydrogen-bond acceptors (Lipinski definition) is 5. The largest absolute Gasteiger partial charge is 0.507 e. The van der Waals surface area contributed by atoms with Crippen LogP contribution in [0.15, 0.2) is 58.6 Å². The highest BCUT2D eigenvalue weighted by Crippen LogP contribution is 2.40. The van der Waals surface area contributed by atoms with Crippen molar-refractivity contribution in [3.05, 3.63) is 69.7 Å². The third-order valence-electron chi connectivity index (χ3n) is 6.35. The third kappa shape index (κ3) is 6.53. The van der Waals surface area contributed by atoms with Crippen molar-refractivity contribution in [2.45, 2.75) is 46.1 Å². The lowest BCUT2D eigenvalue weighted by atomic mass is 9.95. The van der Waals surface area contributed by atoms with Crippen molar-refractivity contribution in [3.63, 3.8) is 0 Å². The van der Waals surface area contributed by atoms with Gasteiger partial charge in [-0.05, 0) is 62.3 Å². The first-order valence-corrected chi connectivity index (χ1v) is 13.2. The Labute approximate surface area is 216 Å². The number of Topliss-reactive ketones (excluding diaryl/α,β-unsaturated/α-hetero) is 1. The van der Waals surface area contributed by atoms with Crippen LogP contribution in [0.4, 0.5) is 0 Å². The summed E-state index contributed by atoms with van der Waals surface area (Å²) < 4.78 is 6.63. The number of aliphatic hydroxyl groups excluding tert-OH is 1. The fourth-order valence-electron chi connectivity index (χ4n) is 4.36. The molecule has 7 heteroatoms. The Morgan fingerprint density at radius 3 is 2.49 bits per heavy atom. The number of hydrogen-bond donors (Lipinski definition) is 1. The van der Waals surface area contributed by atoms with Gasteiger partial charge in [-0.1, -0.05) is 67.4 Å². The van der Waals surface area contributed by atoms with Crippen LogP contribution in [0.2, 0.25) is 0 Å². The van der Waals surface area contributed by atoms with Gasteiger partial charge >= 0.3 is 0 Å². The fraction of sp³-hybridized carbons (Fsp3) is 0.429. The number of rotatable bonds is 12. The maximum absolute atomic E-state index is 13.2. The lowest BCUT2D eigenvalue weighted by molar-refractivity contribution is -0.140. The van der Waals surface area contributed by atoms with E-state index in [-0.39, 0.29) is 11.3 Å². The van der Waals surface area contributed by atoms with Crippen molar-refractivity contribution < 1.29 is 19.4 Å².